The number of fused-ring (bicyclic) bond motifs is 1. The van der Waals surface area contributed by atoms with Gasteiger partial charge in [0.05, 0.1) is 0 Å². The van der Waals surface area contributed by atoms with Crippen LogP contribution in [0.2, 0.25) is 0 Å². The highest BCUT2D eigenvalue weighted by Crippen LogP contribution is 2.42. The highest BCUT2D eigenvalue weighted by Gasteiger charge is 2.33. The van der Waals surface area contributed by atoms with Crippen LogP contribution in [0.15, 0.2) is 6.07 Å². The molecule has 0 bridgehead atoms. The van der Waals surface area contributed by atoms with E-state index in [4.69, 9.17) is 9.84 Å². The number of hydrogen-bond acceptors (Lipinski definition) is 3. The van der Waals surface area contributed by atoms with Gasteiger partial charge >= 0.3 is 5.97 Å². The highest BCUT2D eigenvalue weighted by molar-refractivity contribution is 5.66. The van der Waals surface area contributed by atoms with Crippen molar-refractivity contribution in [1.29, 1.82) is 0 Å². The summed E-state index contributed by atoms with van der Waals surface area (Å²) in [4.78, 5) is 10.7. The van der Waals surface area contributed by atoms with Crippen molar-refractivity contribution in [1.82, 2.24) is 0 Å². The summed E-state index contributed by atoms with van der Waals surface area (Å²) in [5.41, 5.74) is 3.00. The average molecular weight is 405 g/mol. The topological polar surface area (TPSA) is 66.8 Å². The van der Waals surface area contributed by atoms with Crippen molar-refractivity contribution in [2.75, 3.05) is 0 Å². The molecule has 1 heterocycles. The van der Waals surface area contributed by atoms with Crippen molar-refractivity contribution in [2.24, 2.45) is 11.8 Å². The lowest BCUT2D eigenvalue weighted by atomic mass is 9.85. The molecule has 0 saturated carbocycles. The molecule has 2 rings (SSSR count). The average Bonchev–Trinajstić information content (AvgIpc) is 2.65. The van der Waals surface area contributed by atoms with Crippen LogP contribution in [0.1, 0.15) is 95.2 Å². The minimum Gasteiger partial charge on any atom is -0.508 e. The lowest BCUT2D eigenvalue weighted by molar-refractivity contribution is -0.137. The number of rotatable bonds is 11. The summed E-state index contributed by atoms with van der Waals surface area (Å²) >= 11 is 0. The van der Waals surface area contributed by atoms with Crippen LogP contribution < -0.4 is 4.74 Å². The zero-order valence-corrected chi connectivity index (χ0v) is 19.0. The largest absolute Gasteiger partial charge is 0.508 e. The van der Waals surface area contributed by atoms with E-state index in [1.54, 1.807) is 0 Å². The van der Waals surface area contributed by atoms with Crippen molar-refractivity contribution in [3.8, 4) is 11.5 Å². The van der Waals surface area contributed by atoms with Crippen LogP contribution in [0.4, 0.5) is 0 Å². The molecule has 0 radical (unpaired) electrons. The zero-order valence-electron chi connectivity index (χ0n) is 19.0. The van der Waals surface area contributed by atoms with Gasteiger partial charge < -0.3 is 14.9 Å². The molecule has 0 aliphatic carbocycles. The molecular weight excluding hydrogens is 364 g/mol. The molecular formula is C25H40O4. The summed E-state index contributed by atoms with van der Waals surface area (Å²) in [7, 11) is 0. The Hall–Kier alpha value is -1.71. The zero-order chi connectivity index (χ0) is 21.6. The summed E-state index contributed by atoms with van der Waals surface area (Å²) in [5.74, 6) is 1.87. The maximum Gasteiger partial charge on any atom is 0.303 e. The smallest absolute Gasteiger partial charge is 0.303 e. The molecule has 4 nitrogen and oxygen atoms in total. The van der Waals surface area contributed by atoms with Gasteiger partial charge in [-0.25, -0.2) is 0 Å². The van der Waals surface area contributed by atoms with E-state index in [1.807, 2.05) is 19.9 Å². The highest BCUT2D eigenvalue weighted by atomic mass is 16.5. The van der Waals surface area contributed by atoms with Crippen LogP contribution in [0, 0.1) is 25.7 Å². The predicted octanol–water partition coefficient (Wildman–Crippen LogP) is 6.57. The number of phenols is 1. The number of aliphatic carboxylic acids is 1. The second-order valence-corrected chi connectivity index (χ2v) is 9.65. The summed E-state index contributed by atoms with van der Waals surface area (Å²) < 4.78 is 6.47. The van der Waals surface area contributed by atoms with Crippen molar-refractivity contribution in [3.63, 3.8) is 0 Å². The molecule has 1 aromatic carbocycles. The van der Waals surface area contributed by atoms with Crippen LogP contribution in [0.3, 0.4) is 0 Å². The molecule has 2 N–H and O–H groups in total. The number of aryl methyl sites for hydroxylation is 1. The van der Waals surface area contributed by atoms with Gasteiger partial charge in [-0.15, -0.1) is 0 Å². The number of phenolic OH excluding ortho intramolecular Hbond substituents is 1. The van der Waals surface area contributed by atoms with Crippen LogP contribution in [-0.2, 0) is 11.2 Å². The normalized spacial score (nSPS) is 20.6. The fraction of sp³-hybridized carbons (Fsp3) is 0.720. The van der Waals surface area contributed by atoms with Crippen LogP contribution in [0.5, 0.6) is 11.5 Å². The van der Waals surface area contributed by atoms with Crippen molar-refractivity contribution >= 4 is 5.97 Å². The monoisotopic (exact) mass is 404 g/mol. The number of carboxylic acid groups (broad SMARTS) is 1. The second-order valence-electron chi connectivity index (χ2n) is 9.65. The van der Waals surface area contributed by atoms with Gasteiger partial charge in [0.25, 0.3) is 0 Å². The SMILES string of the molecule is Cc1c(O)cc2c(c1C)OC(C)(CCCC(C)CCCC(C)CCC(=O)O)CC2. The standard InChI is InChI=1S/C25H40O4/c1-17(8-6-9-18(2)11-12-23(27)28)10-7-14-25(5)15-13-21-16-22(26)19(3)20(4)24(21)29-25/h16-18,26H,6-15H2,1-5H3,(H,27,28). The molecule has 1 aromatic rings. The Labute approximate surface area is 176 Å². The number of benzene rings is 1. The van der Waals surface area contributed by atoms with Crippen molar-refractivity contribution in [2.45, 2.75) is 104 Å². The van der Waals surface area contributed by atoms with Crippen LogP contribution in [0.25, 0.3) is 0 Å². The lowest BCUT2D eigenvalue weighted by Crippen LogP contribution is -2.36. The minimum atomic E-state index is -0.687. The Kier molecular flexibility index (Phi) is 8.42. The van der Waals surface area contributed by atoms with Gasteiger partial charge in [0.1, 0.15) is 17.1 Å². The Morgan fingerprint density at radius 1 is 1.10 bits per heavy atom. The molecule has 0 aromatic heterocycles. The fourth-order valence-electron chi connectivity index (χ4n) is 4.44. The van der Waals surface area contributed by atoms with Gasteiger partial charge in [-0.1, -0.05) is 39.5 Å². The van der Waals surface area contributed by atoms with E-state index in [0.717, 1.165) is 61.0 Å². The quantitative estimate of drug-likeness (QED) is 0.438. The number of carboxylic acids is 1. The molecule has 29 heavy (non-hydrogen) atoms. The van der Waals surface area contributed by atoms with Gasteiger partial charge in [0.2, 0.25) is 0 Å². The van der Waals surface area contributed by atoms with Crippen LogP contribution in [-0.4, -0.2) is 21.8 Å². The first kappa shape index (κ1) is 23.6. The van der Waals surface area contributed by atoms with E-state index < -0.39 is 5.97 Å². The Morgan fingerprint density at radius 3 is 2.38 bits per heavy atom. The van der Waals surface area contributed by atoms with E-state index in [0.29, 0.717) is 17.6 Å². The van der Waals surface area contributed by atoms with Gasteiger partial charge in [-0.3, -0.25) is 4.79 Å². The molecule has 1 aliphatic heterocycles. The molecule has 3 atom stereocenters. The predicted molar refractivity (Wildman–Crippen MR) is 118 cm³/mol. The fourth-order valence-corrected chi connectivity index (χ4v) is 4.44. The van der Waals surface area contributed by atoms with E-state index in [2.05, 4.69) is 20.8 Å². The molecule has 0 fully saturated rings. The minimum absolute atomic E-state index is 0.119. The van der Waals surface area contributed by atoms with E-state index in [9.17, 15) is 9.90 Å². The summed E-state index contributed by atoms with van der Waals surface area (Å²) in [6, 6.07) is 1.87. The Morgan fingerprint density at radius 2 is 1.72 bits per heavy atom. The molecule has 0 amide bonds. The third-order valence-corrected chi connectivity index (χ3v) is 6.81. The number of aromatic hydroxyl groups is 1. The van der Waals surface area contributed by atoms with Gasteiger partial charge in [0.15, 0.2) is 0 Å². The Balaban J connectivity index is 1.73. The number of ether oxygens (including phenoxy) is 1. The third kappa shape index (κ3) is 6.94. The molecule has 1 aliphatic rings. The summed E-state index contributed by atoms with van der Waals surface area (Å²) in [6.45, 7) is 10.7. The molecule has 4 heteroatoms. The molecule has 3 unspecified atom stereocenters. The first-order valence-corrected chi connectivity index (χ1v) is 11.3. The van der Waals surface area contributed by atoms with Crippen molar-refractivity contribution < 1.29 is 19.7 Å². The molecule has 0 saturated heterocycles. The summed E-state index contributed by atoms with van der Waals surface area (Å²) in [5, 5.41) is 18.8. The maximum absolute atomic E-state index is 10.7. The van der Waals surface area contributed by atoms with E-state index in [1.165, 1.54) is 19.3 Å². The van der Waals surface area contributed by atoms with Gasteiger partial charge in [0, 0.05) is 6.42 Å². The van der Waals surface area contributed by atoms with Crippen molar-refractivity contribution in [3.05, 3.63) is 22.8 Å². The van der Waals surface area contributed by atoms with E-state index >= 15 is 0 Å². The van der Waals surface area contributed by atoms with E-state index in [-0.39, 0.29) is 12.0 Å². The molecule has 0 spiro atoms. The van der Waals surface area contributed by atoms with Gasteiger partial charge in [-0.05, 0) is 87.5 Å². The molecule has 164 valence electrons. The first-order valence-electron chi connectivity index (χ1n) is 11.3. The van der Waals surface area contributed by atoms with Gasteiger partial charge in [-0.2, -0.15) is 0 Å². The second kappa shape index (κ2) is 10.4. The first-order chi connectivity index (χ1) is 13.6. The number of carbonyl (C=O) groups is 1. The number of hydrogen-bond donors (Lipinski definition) is 2. The Bertz CT molecular complexity index is 697. The lowest BCUT2D eigenvalue weighted by Gasteiger charge is -2.37. The van der Waals surface area contributed by atoms with Crippen LogP contribution >= 0.6 is 0 Å². The maximum atomic E-state index is 10.7. The third-order valence-electron chi connectivity index (χ3n) is 6.81. The summed E-state index contributed by atoms with van der Waals surface area (Å²) in [6.07, 6.45) is 10.0.